The highest BCUT2D eigenvalue weighted by atomic mass is 16.5. The van der Waals surface area contributed by atoms with Gasteiger partial charge in [-0.1, -0.05) is 32.9 Å². The number of carbonyl (C=O) groups is 2. The zero-order chi connectivity index (χ0) is 18.4. The number of aliphatic carboxylic acids is 1. The lowest BCUT2D eigenvalue weighted by Gasteiger charge is -2.28. The lowest BCUT2D eigenvalue weighted by Crippen LogP contribution is -2.48. The molecule has 1 atom stereocenters. The first-order valence-corrected chi connectivity index (χ1v) is 8.60. The Morgan fingerprint density at radius 2 is 2.00 bits per heavy atom. The maximum absolute atomic E-state index is 12.1. The Morgan fingerprint density at radius 1 is 1.32 bits per heavy atom. The zero-order valence-electron chi connectivity index (χ0n) is 15.1. The van der Waals surface area contributed by atoms with Crippen LogP contribution in [0.15, 0.2) is 24.3 Å². The molecule has 1 saturated heterocycles. The number of carboxylic acid groups (broad SMARTS) is 1. The van der Waals surface area contributed by atoms with E-state index in [4.69, 9.17) is 9.47 Å². The van der Waals surface area contributed by atoms with Crippen molar-refractivity contribution in [3.05, 3.63) is 29.8 Å². The molecule has 0 bridgehead atoms. The van der Waals surface area contributed by atoms with Crippen LogP contribution in [0.25, 0.3) is 0 Å². The Labute approximate surface area is 148 Å². The summed E-state index contributed by atoms with van der Waals surface area (Å²) >= 11 is 0. The Morgan fingerprint density at radius 3 is 2.60 bits per heavy atom. The van der Waals surface area contributed by atoms with Gasteiger partial charge in [0.15, 0.2) is 6.61 Å². The van der Waals surface area contributed by atoms with Crippen LogP contribution in [0.5, 0.6) is 5.75 Å². The Bertz CT molecular complexity index is 602. The number of nitrogens with one attached hydrogen (secondary N) is 1. The van der Waals surface area contributed by atoms with Gasteiger partial charge in [0.25, 0.3) is 5.91 Å². The molecule has 1 fully saturated rings. The third-order valence-electron chi connectivity index (χ3n) is 4.39. The van der Waals surface area contributed by atoms with E-state index in [2.05, 4.69) is 26.1 Å². The third kappa shape index (κ3) is 5.74. The Kier molecular flexibility index (Phi) is 6.42. The lowest BCUT2D eigenvalue weighted by atomic mass is 9.87. The second kappa shape index (κ2) is 8.34. The predicted molar refractivity (Wildman–Crippen MR) is 93.7 cm³/mol. The van der Waals surface area contributed by atoms with Gasteiger partial charge < -0.3 is 19.9 Å². The van der Waals surface area contributed by atoms with E-state index in [-0.39, 0.29) is 17.9 Å². The van der Waals surface area contributed by atoms with Gasteiger partial charge in [-0.3, -0.25) is 4.79 Å². The summed E-state index contributed by atoms with van der Waals surface area (Å²) in [7, 11) is 0. The molecule has 0 radical (unpaired) electrons. The van der Waals surface area contributed by atoms with Crippen LogP contribution in [0.1, 0.15) is 39.2 Å². The first-order chi connectivity index (χ1) is 11.8. The summed E-state index contributed by atoms with van der Waals surface area (Å²) in [4.78, 5) is 23.6. The fourth-order valence-corrected chi connectivity index (χ4v) is 2.85. The quantitative estimate of drug-likeness (QED) is 0.823. The summed E-state index contributed by atoms with van der Waals surface area (Å²) < 4.78 is 10.8. The van der Waals surface area contributed by atoms with Gasteiger partial charge in [-0.05, 0) is 41.9 Å². The van der Waals surface area contributed by atoms with Crippen LogP contribution in [-0.4, -0.2) is 42.8 Å². The van der Waals surface area contributed by atoms with Gasteiger partial charge in [-0.15, -0.1) is 0 Å². The van der Waals surface area contributed by atoms with Gasteiger partial charge in [-0.25, -0.2) is 4.79 Å². The molecule has 2 N–H and O–H groups in total. The smallest absolute Gasteiger partial charge is 0.326 e. The molecule has 1 aliphatic rings. The minimum Gasteiger partial charge on any atom is -0.484 e. The van der Waals surface area contributed by atoms with Crippen LogP contribution in [0.4, 0.5) is 0 Å². The fourth-order valence-electron chi connectivity index (χ4n) is 2.85. The van der Waals surface area contributed by atoms with Crippen LogP contribution >= 0.6 is 0 Å². The molecule has 1 unspecified atom stereocenters. The highest BCUT2D eigenvalue weighted by Crippen LogP contribution is 2.25. The topological polar surface area (TPSA) is 84.9 Å². The van der Waals surface area contributed by atoms with Gasteiger partial charge in [0.1, 0.15) is 11.8 Å². The van der Waals surface area contributed by atoms with E-state index in [1.807, 2.05) is 18.2 Å². The summed E-state index contributed by atoms with van der Waals surface area (Å²) in [5, 5.41) is 12.0. The molecule has 0 saturated carbocycles. The van der Waals surface area contributed by atoms with Gasteiger partial charge >= 0.3 is 5.97 Å². The van der Waals surface area contributed by atoms with Crippen molar-refractivity contribution in [2.75, 3.05) is 19.8 Å². The first-order valence-electron chi connectivity index (χ1n) is 8.60. The molecular weight excluding hydrogens is 322 g/mol. The SMILES string of the molecule is CC(C)(C)c1cccc(OCC(=O)NC(C(=O)O)C2CCOCC2)c1. The average molecular weight is 349 g/mol. The van der Waals surface area contributed by atoms with Gasteiger partial charge in [0.2, 0.25) is 0 Å². The largest absolute Gasteiger partial charge is 0.484 e. The molecule has 1 amide bonds. The molecule has 1 heterocycles. The summed E-state index contributed by atoms with van der Waals surface area (Å²) in [5.74, 6) is -0.963. The molecule has 0 spiro atoms. The van der Waals surface area contributed by atoms with Crippen LogP contribution in [0.3, 0.4) is 0 Å². The van der Waals surface area contributed by atoms with Gasteiger partial charge in [0.05, 0.1) is 0 Å². The molecule has 25 heavy (non-hydrogen) atoms. The van der Waals surface area contributed by atoms with Crippen molar-refractivity contribution in [3.63, 3.8) is 0 Å². The van der Waals surface area contributed by atoms with Crippen LogP contribution in [-0.2, 0) is 19.7 Å². The third-order valence-corrected chi connectivity index (χ3v) is 4.39. The summed E-state index contributed by atoms with van der Waals surface area (Å²) in [6.45, 7) is 7.15. The number of amides is 1. The fraction of sp³-hybridized carbons (Fsp3) is 0.579. The molecular formula is C19H27NO5. The lowest BCUT2D eigenvalue weighted by molar-refractivity contribution is -0.144. The van der Waals surface area contributed by atoms with Crippen LogP contribution in [0.2, 0.25) is 0 Å². The van der Waals surface area contributed by atoms with Crippen molar-refractivity contribution < 1.29 is 24.2 Å². The zero-order valence-corrected chi connectivity index (χ0v) is 15.1. The molecule has 0 aliphatic carbocycles. The molecule has 1 aromatic carbocycles. The van der Waals surface area contributed by atoms with E-state index in [1.54, 1.807) is 6.07 Å². The molecule has 2 rings (SSSR count). The maximum atomic E-state index is 12.1. The van der Waals surface area contributed by atoms with E-state index in [9.17, 15) is 14.7 Å². The molecule has 0 aromatic heterocycles. The first kappa shape index (κ1) is 19.2. The van der Waals surface area contributed by atoms with Crippen molar-refractivity contribution >= 4 is 11.9 Å². The standard InChI is InChI=1S/C19H27NO5/c1-19(2,3)14-5-4-6-15(11-14)25-12-16(21)20-17(18(22)23)13-7-9-24-10-8-13/h4-6,11,13,17H,7-10,12H2,1-3H3,(H,20,21)(H,22,23). The number of benzene rings is 1. The van der Waals surface area contributed by atoms with E-state index in [0.717, 1.165) is 5.56 Å². The Hall–Kier alpha value is -2.08. The molecule has 6 nitrogen and oxygen atoms in total. The maximum Gasteiger partial charge on any atom is 0.326 e. The van der Waals surface area contributed by atoms with Gasteiger partial charge in [-0.2, -0.15) is 0 Å². The number of carbonyl (C=O) groups excluding carboxylic acids is 1. The van der Waals surface area contributed by atoms with E-state index < -0.39 is 17.9 Å². The molecule has 138 valence electrons. The van der Waals surface area contributed by atoms with Crippen molar-refractivity contribution in [1.29, 1.82) is 0 Å². The number of ether oxygens (including phenoxy) is 2. The van der Waals surface area contributed by atoms with Crippen molar-refractivity contribution in [2.45, 2.75) is 45.1 Å². The number of rotatable bonds is 6. The minimum absolute atomic E-state index is 0.0148. The van der Waals surface area contributed by atoms with E-state index >= 15 is 0 Å². The van der Waals surface area contributed by atoms with Gasteiger partial charge in [0, 0.05) is 13.2 Å². The number of hydrogen-bond donors (Lipinski definition) is 2. The van der Waals surface area contributed by atoms with Crippen molar-refractivity contribution in [1.82, 2.24) is 5.32 Å². The highest BCUT2D eigenvalue weighted by Gasteiger charge is 2.31. The second-order valence-electron chi connectivity index (χ2n) is 7.40. The van der Waals surface area contributed by atoms with Crippen molar-refractivity contribution in [3.8, 4) is 5.75 Å². The second-order valence-corrected chi connectivity index (χ2v) is 7.40. The van der Waals surface area contributed by atoms with E-state index in [0.29, 0.717) is 31.8 Å². The highest BCUT2D eigenvalue weighted by molar-refractivity contribution is 5.84. The normalized spacial score (nSPS) is 16.9. The monoisotopic (exact) mass is 349 g/mol. The molecule has 6 heteroatoms. The molecule has 1 aliphatic heterocycles. The van der Waals surface area contributed by atoms with Crippen LogP contribution < -0.4 is 10.1 Å². The number of carboxylic acids is 1. The summed E-state index contributed by atoms with van der Waals surface area (Å²) in [5.41, 5.74) is 1.09. The average Bonchev–Trinajstić information content (AvgIpc) is 2.58. The summed E-state index contributed by atoms with van der Waals surface area (Å²) in [6, 6.07) is 6.69. The van der Waals surface area contributed by atoms with E-state index in [1.165, 1.54) is 0 Å². The van der Waals surface area contributed by atoms with Crippen LogP contribution in [0, 0.1) is 5.92 Å². The molecule has 1 aromatic rings. The Balaban J connectivity index is 1.91. The minimum atomic E-state index is -1.02. The number of hydrogen-bond acceptors (Lipinski definition) is 4. The van der Waals surface area contributed by atoms with Crippen molar-refractivity contribution in [2.24, 2.45) is 5.92 Å². The predicted octanol–water partition coefficient (Wildman–Crippen LogP) is 2.36. The summed E-state index contributed by atoms with van der Waals surface area (Å²) in [6.07, 6.45) is 1.26.